The summed E-state index contributed by atoms with van der Waals surface area (Å²) in [6.07, 6.45) is 0. The molecule has 0 bridgehead atoms. The fourth-order valence-corrected chi connectivity index (χ4v) is 6.92. The molecule has 2 nitrogen and oxygen atoms in total. The van der Waals surface area contributed by atoms with Crippen molar-refractivity contribution in [2.24, 2.45) is 0 Å². The van der Waals surface area contributed by atoms with E-state index in [2.05, 4.69) is 127 Å². The van der Waals surface area contributed by atoms with Crippen molar-refractivity contribution in [2.75, 3.05) is 0 Å². The van der Waals surface area contributed by atoms with E-state index in [9.17, 15) is 5.26 Å². The molecule has 2 heteroatoms. The molecule has 0 saturated carbocycles. The first kappa shape index (κ1) is 23.8. The van der Waals surface area contributed by atoms with Crippen molar-refractivity contribution in [3.8, 4) is 28.3 Å². The lowest BCUT2D eigenvalue weighted by atomic mass is 9.84. The molecule has 0 spiro atoms. The van der Waals surface area contributed by atoms with Gasteiger partial charge in [0, 0.05) is 10.8 Å². The van der Waals surface area contributed by atoms with E-state index in [1.165, 1.54) is 49.0 Å². The van der Waals surface area contributed by atoms with Gasteiger partial charge in [-0.2, -0.15) is 5.26 Å². The van der Waals surface area contributed by atoms with Gasteiger partial charge in [0.25, 0.3) is 0 Å². The largest absolute Gasteiger partial charge is 0.456 e. The first-order valence-corrected chi connectivity index (χ1v) is 14.5. The van der Waals surface area contributed by atoms with Crippen LogP contribution in [0, 0.1) is 11.3 Å². The summed E-state index contributed by atoms with van der Waals surface area (Å²) in [5, 5.41) is 21.1. The summed E-state index contributed by atoms with van der Waals surface area (Å²) in [7, 11) is 0. The highest BCUT2D eigenvalue weighted by atomic mass is 16.3. The predicted octanol–water partition coefficient (Wildman–Crippen LogP) is 11.4. The molecule has 198 valence electrons. The van der Waals surface area contributed by atoms with Crippen LogP contribution in [0.5, 0.6) is 0 Å². The Morgan fingerprint density at radius 2 is 1.07 bits per heavy atom. The zero-order valence-corrected chi connectivity index (χ0v) is 23.1. The quantitative estimate of drug-likeness (QED) is 0.203. The van der Waals surface area contributed by atoms with Crippen molar-refractivity contribution in [2.45, 2.75) is 0 Å². The summed E-state index contributed by atoms with van der Waals surface area (Å²) < 4.78 is 6.34. The highest BCUT2D eigenvalue weighted by Crippen LogP contribution is 2.46. The molecule has 9 rings (SSSR count). The Bertz CT molecular complexity index is 2570. The maximum absolute atomic E-state index is 9.45. The van der Waals surface area contributed by atoms with Gasteiger partial charge in [0.2, 0.25) is 0 Å². The van der Waals surface area contributed by atoms with Crippen molar-refractivity contribution in [1.82, 2.24) is 0 Å². The smallest absolute Gasteiger partial charge is 0.136 e. The number of rotatable bonds is 2. The molecule has 0 N–H and O–H groups in total. The molecule has 0 aliphatic rings. The van der Waals surface area contributed by atoms with Gasteiger partial charge in [-0.1, -0.05) is 103 Å². The van der Waals surface area contributed by atoms with Gasteiger partial charge in [-0.25, -0.2) is 0 Å². The van der Waals surface area contributed by atoms with Crippen molar-refractivity contribution >= 4 is 65.0 Å². The van der Waals surface area contributed by atoms with Gasteiger partial charge in [-0.15, -0.1) is 0 Å². The van der Waals surface area contributed by atoms with Crippen LogP contribution in [0.4, 0.5) is 0 Å². The molecule has 0 amide bonds. The molecular weight excluding hydrogens is 522 g/mol. The average molecular weight is 546 g/mol. The van der Waals surface area contributed by atoms with Crippen molar-refractivity contribution in [3.05, 3.63) is 145 Å². The summed E-state index contributed by atoms with van der Waals surface area (Å²) in [5.74, 6) is 0. The Kier molecular flexibility index (Phi) is 5.00. The number of fused-ring (bicyclic) bond motifs is 7. The Balaban J connectivity index is 1.37. The van der Waals surface area contributed by atoms with Gasteiger partial charge in [0.15, 0.2) is 0 Å². The maximum atomic E-state index is 9.45. The van der Waals surface area contributed by atoms with E-state index < -0.39 is 0 Å². The Morgan fingerprint density at radius 1 is 0.419 bits per heavy atom. The molecule has 0 fully saturated rings. The summed E-state index contributed by atoms with van der Waals surface area (Å²) in [6, 6.07) is 51.7. The molecule has 0 aliphatic carbocycles. The molecule has 8 aromatic carbocycles. The van der Waals surface area contributed by atoms with Gasteiger partial charge in [-0.05, 0) is 102 Å². The molecular formula is C41H23NO. The monoisotopic (exact) mass is 545 g/mol. The number of hydrogen-bond donors (Lipinski definition) is 0. The molecule has 9 aromatic rings. The SMILES string of the molecule is N#Cc1ccc2cc3oc4ccc(-c5c6ccccc6c(-c6cccc7ccccc67)c6ccccc56)cc4c3cc2c1. The lowest BCUT2D eigenvalue weighted by Gasteiger charge is -2.18. The van der Waals surface area contributed by atoms with Crippen LogP contribution in [0.2, 0.25) is 0 Å². The topological polar surface area (TPSA) is 36.9 Å². The molecule has 0 aliphatic heterocycles. The Hall–Kier alpha value is -5.91. The number of nitriles is 1. The van der Waals surface area contributed by atoms with Crippen LogP contribution in [0.3, 0.4) is 0 Å². The molecule has 0 atom stereocenters. The first-order valence-electron chi connectivity index (χ1n) is 14.5. The van der Waals surface area contributed by atoms with Gasteiger partial charge >= 0.3 is 0 Å². The Morgan fingerprint density at radius 3 is 1.81 bits per heavy atom. The minimum absolute atomic E-state index is 0.657. The summed E-state index contributed by atoms with van der Waals surface area (Å²) in [5.41, 5.74) is 7.25. The third kappa shape index (κ3) is 3.52. The number of benzene rings is 8. The van der Waals surface area contributed by atoms with Crippen molar-refractivity contribution < 1.29 is 4.42 Å². The van der Waals surface area contributed by atoms with Crippen LogP contribution in [0.15, 0.2) is 144 Å². The highest BCUT2D eigenvalue weighted by Gasteiger charge is 2.19. The second kappa shape index (κ2) is 9.05. The van der Waals surface area contributed by atoms with Crippen molar-refractivity contribution in [1.29, 1.82) is 5.26 Å². The van der Waals surface area contributed by atoms with E-state index >= 15 is 0 Å². The highest BCUT2D eigenvalue weighted by molar-refractivity contribution is 6.24. The van der Waals surface area contributed by atoms with Gasteiger partial charge in [-0.3, -0.25) is 0 Å². The number of hydrogen-bond acceptors (Lipinski definition) is 2. The molecule has 1 aromatic heterocycles. The van der Waals surface area contributed by atoms with Gasteiger partial charge in [0.1, 0.15) is 11.2 Å². The third-order valence-corrected chi connectivity index (χ3v) is 8.84. The van der Waals surface area contributed by atoms with Crippen LogP contribution < -0.4 is 0 Å². The molecule has 0 unspecified atom stereocenters. The lowest BCUT2D eigenvalue weighted by Crippen LogP contribution is -1.91. The van der Waals surface area contributed by atoms with Crippen LogP contribution in [-0.2, 0) is 0 Å². The average Bonchev–Trinajstić information content (AvgIpc) is 3.42. The molecule has 1 heterocycles. The minimum atomic E-state index is 0.657. The normalized spacial score (nSPS) is 11.7. The minimum Gasteiger partial charge on any atom is -0.456 e. The molecule has 0 radical (unpaired) electrons. The van der Waals surface area contributed by atoms with Crippen LogP contribution in [0.25, 0.3) is 87.3 Å². The van der Waals surface area contributed by atoms with E-state index in [-0.39, 0.29) is 0 Å². The van der Waals surface area contributed by atoms with E-state index in [4.69, 9.17) is 4.42 Å². The van der Waals surface area contributed by atoms with Crippen LogP contribution in [0.1, 0.15) is 5.56 Å². The number of nitrogens with zero attached hydrogens (tertiary/aromatic N) is 1. The molecule has 43 heavy (non-hydrogen) atoms. The maximum Gasteiger partial charge on any atom is 0.136 e. The van der Waals surface area contributed by atoms with E-state index in [1.54, 1.807) is 0 Å². The zero-order chi connectivity index (χ0) is 28.5. The molecule has 0 saturated heterocycles. The van der Waals surface area contributed by atoms with Crippen LogP contribution >= 0.6 is 0 Å². The Labute approximate surface area is 247 Å². The van der Waals surface area contributed by atoms with Gasteiger partial charge < -0.3 is 4.42 Å². The van der Waals surface area contributed by atoms with E-state index in [1.807, 2.05) is 18.2 Å². The van der Waals surface area contributed by atoms with Crippen LogP contribution in [-0.4, -0.2) is 0 Å². The standard InChI is InChI=1S/C41H23NO/c42-24-25-16-17-27-23-39-37(22-29(27)20-25)36-21-28(18-19-38(36)43-39)40-32-11-3-5-13-34(32)41(35-14-6-4-12-33(35)40)31-15-7-9-26-8-1-2-10-30(26)31/h1-23H. The zero-order valence-electron chi connectivity index (χ0n) is 23.1. The summed E-state index contributed by atoms with van der Waals surface area (Å²) >= 11 is 0. The van der Waals surface area contributed by atoms with E-state index in [0.717, 1.165) is 38.3 Å². The van der Waals surface area contributed by atoms with Gasteiger partial charge in [0.05, 0.1) is 11.6 Å². The van der Waals surface area contributed by atoms with E-state index in [0.29, 0.717) is 5.56 Å². The fourth-order valence-electron chi connectivity index (χ4n) is 6.92. The fraction of sp³-hybridized carbons (Fsp3) is 0. The first-order chi connectivity index (χ1) is 21.3. The van der Waals surface area contributed by atoms with Crippen molar-refractivity contribution in [3.63, 3.8) is 0 Å². The lowest BCUT2D eigenvalue weighted by molar-refractivity contribution is 0.669. The second-order valence-electron chi connectivity index (χ2n) is 11.2. The summed E-state index contributed by atoms with van der Waals surface area (Å²) in [4.78, 5) is 0. The third-order valence-electron chi connectivity index (χ3n) is 8.84. The summed E-state index contributed by atoms with van der Waals surface area (Å²) in [6.45, 7) is 0. The second-order valence-corrected chi connectivity index (χ2v) is 11.2. The number of furan rings is 1. The predicted molar refractivity (Wildman–Crippen MR) is 179 cm³/mol.